The van der Waals surface area contributed by atoms with Gasteiger partial charge in [-0.2, -0.15) is 0 Å². The maximum Gasteiger partial charge on any atom is 0.410 e. The van der Waals surface area contributed by atoms with Crippen LogP contribution in [-0.4, -0.2) is 48.2 Å². The van der Waals surface area contributed by atoms with Gasteiger partial charge in [0.25, 0.3) is 0 Å². The molecular weight excluding hydrogens is 234 g/mol. The average molecular weight is 253 g/mol. The molecule has 0 saturated carbocycles. The van der Waals surface area contributed by atoms with Crippen LogP contribution in [0.5, 0.6) is 0 Å². The van der Waals surface area contributed by atoms with Gasteiger partial charge < -0.3 is 14.4 Å². The Bertz CT molecular complexity index is 364. The van der Waals surface area contributed by atoms with Crippen LogP contribution in [0.2, 0.25) is 0 Å². The van der Waals surface area contributed by atoms with Gasteiger partial charge in [-0.25, -0.2) is 4.79 Å². The Morgan fingerprint density at radius 3 is 2.72 bits per heavy atom. The quantitative estimate of drug-likeness (QED) is 0.694. The molecule has 1 atom stereocenters. The highest BCUT2D eigenvalue weighted by Crippen LogP contribution is 2.13. The van der Waals surface area contributed by atoms with Crippen molar-refractivity contribution in [2.75, 3.05) is 19.7 Å². The Kier molecular flexibility index (Phi) is 4.74. The Balaban J connectivity index is 2.56. The molecule has 0 bridgehead atoms. The lowest BCUT2D eigenvalue weighted by molar-refractivity contribution is -0.134. The number of hydrogen-bond acceptors (Lipinski definition) is 4. The predicted molar refractivity (Wildman–Crippen MR) is 66.0 cm³/mol. The number of ether oxygens (including phenoxy) is 2. The molecule has 5 nitrogen and oxygen atoms in total. The van der Waals surface area contributed by atoms with Crippen molar-refractivity contribution in [1.29, 1.82) is 0 Å². The highest BCUT2D eigenvalue weighted by molar-refractivity contribution is 5.86. The van der Waals surface area contributed by atoms with E-state index in [-0.39, 0.29) is 18.7 Å². The summed E-state index contributed by atoms with van der Waals surface area (Å²) in [6.07, 6.45) is 4.04. The van der Waals surface area contributed by atoms with E-state index in [2.05, 4.69) is 5.92 Å². The third kappa shape index (κ3) is 4.38. The van der Waals surface area contributed by atoms with Gasteiger partial charge in [-0.05, 0) is 20.8 Å². The summed E-state index contributed by atoms with van der Waals surface area (Å²) in [4.78, 5) is 24.9. The normalized spacial score (nSPS) is 20.1. The fourth-order valence-electron chi connectivity index (χ4n) is 1.55. The average Bonchev–Trinajstić information content (AvgIpc) is 2.27. The summed E-state index contributed by atoms with van der Waals surface area (Å²) >= 11 is 0. The van der Waals surface area contributed by atoms with Crippen LogP contribution in [0.25, 0.3) is 0 Å². The molecule has 0 radical (unpaired) electrons. The molecule has 0 aromatic rings. The number of Topliss-reactive ketones (excluding diaryl/α,β-unsaturated/α-hetero) is 1. The first kappa shape index (κ1) is 14.5. The van der Waals surface area contributed by atoms with Gasteiger partial charge in [0, 0.05) is 6.54 Å². The Labute approximate surface area is 107 Å². The molecule has 1 aliphatic rings. The van der Waals surface area contributed by atoms with Crippen molar-refractivity contribution in [2.45, 2.75) is 38.9 Å². The molecule has 0 aliphatic carbocycles. The van der Waals surface area contributed by atoms with Gasteiger partial charge in [0.2, 0.25) is 0 Å². The number of nitrogens with zero attached hydrogens (tertiary/aromatic N) is 1. The van der Waals surface area contributed by atoms with E-state index in [0.717, 1.165) is 0 Å². The molecule has 1 amide bonds. The molecule has 1 unspecified atom stereocenters. The van der Waals surface area contributed by atoms with E-state index in [1.54, 1.807) is 20.8 Å². The zero-order valence-corrected chi connectivity index (χ0v) is 11.1. The lowest BCUT2D eigenvalue weighted by atomic mass is 10.1. The van der Waals surface area contributed by atoms with Gasteiger partial charge in [-0.1, -0.05) is 5.92 Å². The van der Waals surface area contributed by atoms with Crippen LogP contribution in [0.1, 0.15) is 27.2 Å². The van der Waals surface area contributed by atoms with Crippen molar-refractivity contribution in [1.82, 2.24) is 4.90 Å². The van der Waals surface area contributed by atoms with Gasteiger partial charge in [0.15, 0.2) is 5.78 Å². The fourth-order valence-corrected chi connectivity index (χ4v) is 1.55. The number of amides is 1. The zero-order chi connectivity index (χ0) is 13.8. The van der Waals surface area contributed by atoms with Crippen LogP contribution in [0.15, 0.2) is 0 Å². The van der Waals surface area contributed by atoms with E-state index in [4.69, 9.17) is 15.9 Å². The fraction of sp³-hybridized carbons (Fsp3) is 0.692. The molecule has 0 aromatic heterocycles. The minimum atomic E-state index is -0.637. The van der Waals surface area contributed by atoms with E-state index in [1.807, 2.05) is 0 Å². The first-order valence-electron chi connectivity index (χ1n) is 5.89. The molecular formula is C13H19NO4. The van der Waals surface area contributed by atoms with E-state index in [1.165, 1.54) is 4.90 Å². The van der Waals surface area contributed by atoms with Crippen molar-refractivity contribution >= 4 is 11.9 Å². The Hall–Kier alpha value is -1.54. The van der Waals surface area contributed by atoms with Crippen molar-refractivity contribution in [3.63, 3.8) is 0 Å². The molecule has 1 heterocycles. The Morgan fingerprint density at radius 1 is 1.50 bits per heavy atom. The van der Waals surface area contributed by atoms with Crippen molar-refractivity contribution < 1.29 is 19.1 Å². The summed E-state index contributed by atoms with van der Waals surface area (Å²) in [5.41, 5.74) is -0.548. The molecule has 1 rings (SSSR count). The van der Waals surface area contributed by atoms with Gasteiger partial charge in [0.05, 0.1) is 19.6 Å². The monoisotopic (exact) mass is 253 g/mol. The standard InChI is InChI=1S/C13H19NO4/c1-5-6-10(15)11-9-14(7-8-17-11)12(16)18-13(2,3)4/h1,11H,6-9H2,2-4H3. The number of rotatable bonds is 2. The summed E-state index contributed by atoms with van der Waals surface area (Å²) in [5.74, 6) is 2.11. The first-order chi connectivity index (χ1) is 8.33. The van der Waals surface area contributed by atoms with Crippen LogP contribution in [-0.2, 0) is 14.3 Å². The van der Waals surface area contributed by atoms with Crippen LogP contribution >= 0.6 is 0 Å². The lowest BCUT2D eigenvalue weighted by Gasteiger charge is -2.33. The smallest absolute Gasteiger partial charge is 0.410 e. The third-order valence-corrected chi connectivity index (χ3v) is 2.35. The molecule has 1 aliphatic heterocycles. The number of hydrogen-bond donors (Lipinski definition) is 0. The van der Waals surface area contributed by atoms with Crippen LogP contribution in [0, 0.1) is 12.3 Å². The molecule has 1 fully saturated rings. The molecule has 0 N–H and O–H groups in total. The topological polar surface area (TPSA) is 55.8 Å². The molecule has 100 valence electrons. The summed E-state index contributed by atoms with van der Waals surface area (Å²) in [7, 11) is 0. The molecule has 18 heavy (non-hydrogen) atoms. The van der Waals surface area contributed by atoms with Crippen molar-refractivity contribution in [3.05, 3.63) is 0 Å². The van der Waals surface area contributed by atoms with Gasteiger partial charge >= 0.3 is 6.09 Å². The van der Waals surface area contributed by atoms with Crippen LogP contribution in [0.4, 0.5) is 4.79 Å². The van der Waals surface area contributed by atoms with E-state index in [0.29, 0.717) is 13.2 Å². The van der Waals surface area contributed by atoms with Gasteiger partial charge in [0.1, 0.15) is 11.7 Å². The predicted octanol–water partition coefficient (Wildman–Crippen LogP) is 1.21. The molecule has 0 spiro atoms. The Morgan fingerprint density at radius 2 is 2.17 bits per heavy atom. The van der Waals surface area contributed by atoms with Crippen molar-refractivity contribution in [3.8, 4) is 12.3 Å². The second-order valence-electron chi connectivity index (χ2n) is 5.13. The molecule has 0 aromatic carbocycles. The minimum absolute atomic E-state index is 0.0207. The largest absolute Gasteiger partial charge is 0.444 e. The number of ketones is 1. The van der Waals surface area contributed by atoms with Crippen LogP contribution in [0.3, 0.4) is 0 Å². The second-order valence-corrected chi connectivity index (χ2v) is 5.13. The summed E-state index contributed by atoms with van der Waals surface area (Å²) in [6.45, 7) is 6.34. The van der Waals surface area contributed by atoms with Gasteiger partial charge in [-0.3, -0.25) is 4.79 Å². The van der Waals surface area contributed by atoms with Gasteiger partial charge in [-0.15, -0.1) is 6.42 Å². The SMILES string of the molecule is C#CCC(=O)C1CN(C(=O)OC(C)(C)C)CCO1. The van der Waals surface area contributed by atoms with Crippen LogP contribution < -0.4 is 0 Å². The van der Waals surface area contributed by atoms with E-state index in [9.17, 15) is 9.59 Å². The number of carbonyl (C=O) groups is 2. The highest BCUT2D eigenvalue weighted by Gasteiger charge is 2.31. The first-order valence-corrected chi connectivity index (χ1v) is 5.89. The van der Waals surface area contributed by atoms with E-state index >= 15 is 0 Å². The van der Waals surface area contributed by atoms with E-state index < -0.39 is 17.8 Å². The number of terminal acetylenes is 1. The summed E-state index contributed by atoms with van der Waals surface area (Å²) in [6, 6.07) is 0. The number of morpholine rings is 1. The summed E-state index contributed by atoms with van der Waals surface area (Å²) in [5, 5.41) is 0. The number of carbonyl (C=O) groups excluding carboxylic acids is 2. The maximum atomic E-state index is 11.8. The van der Waals surface area contributed by atoms with Crippen molar-refractivity contribution in [2.24, 2.45) is 0 Å². The maximum absolute atomic E-state index is 11.8. The zero-order valence-electron chi connectivity index (χ0n) is 11.1. The second kappa shape index (κ2) is 5.87. The highest BCUT2D eigenvalue weighted by atomic mass is 16.6. The minimum Gasteiger partial charge on any atom is -0.444 e. The molecule has 1 saturated heterocycles. The lowest BCUT2D eigenvalue weighted by Crippen LogP contribution is -2.49. The third-order valence-electron chi connectivity index (χ3n) is 2.35. The molecule has 5 heteroatoms. The summed E-state index contributed by atoms with van der Waals surface area (Å²) < 4.78 is 10.6.